The number of ether oxygens (including phenoxy) is 2. The highest BCUT2D eigenvalue weighted by Gasteiger charge is 2.16. The number of benzene rings is 1. The van der Waals surface area contributed by atoms with E-state index in [4.69, 9.17) is 9.47 Å². The molecule has 0 spiro atoms. The first kappa shape index (κ1) is 19.8. The molecule has 0 heterocycles. The lowest BCUT2D eigenvalue weighted by Gasteiger charge is -2.20. The average molecular weight is 336 g/mol. The molecule has 6 nitrogen and oxygen atoms in total. The lowest BCUT2D eigenvalue weighted by atomic mass is 10.0. The summed E-state index contributed by atoms with van der Waals surface area (Å²) in [5.74, 6) is 0.726. The zero-order valence-corrected chi connectivity index (χ0v) is 15.6. The summed E-state index contributed by atoms with van der Waals surface area (Å²) in [6.07, 6.45) is -0.925. The molecule has 0 aliphatic rings. The molecule has 0 bridgehead atoms. The van der Waals surface area contributed by atoms with Crippen molar-refractivity contribution in [3.8, 4) is 5.75 Å². The number of hydrogen-bond donors (Lipinski definition) is 1. The van der Waals surface area contributed by atoms with Gasteiger partial charge in [-0.05, 0) is 49.9 Å². The Balaban J connectivity index is 2.87. The van der Waals surface area contributed by atoms with Gasteiger partial charge in [-0.25, -0.2) is 9.59 Å². The first-order valence-corrected chi connectivity index (χ1v) is 7.98. The highest BCUT2D eigenvalue weighted by Crippen LogP contribution is 2.23. The quantitative estimate of drug-likeness (QED) is 0.905. The molecule has 2 amide bonds. The predicted octanol–water partition coefficient (Wildman–Crippen LogP) is 3.90. The van der Waals surface area contributed by atoms with Crippen LogP contribution < -0.4 is 10.1 Å². The number of hydrogen-bond acceptors (Lipinski definition) is 4. The third-order valence-corrected chi connectivity index (χ3v) is 3.06. The largest absolute Gasteiger partial charge is 0.444 e. The molecule has 0 atom stereocenters. The maximum Gasteiger partial charge on any atom is 0.414 e. The smallest absolute Gasteiger partial charge is 0.414 e. The lowest BCUT2D eigenvalue weighted by molar-refractivity contribution is 0.0523. The fourth-order valence-electron chi connectivity index (χ4n) is 1.86. The van der Waals surface area contributed by atoms with Crippen molar-refractivity contribution >= 4 is 12.2 Å². The molecule has 0 saturated heterocycles. The van der Waals surface area contributed by atoms with Crippen LogP contribution in [0.5, 0.6) is 5.75 Å². The summed E-state index contributed by atoms with van der Waals surface area (Å²) in [5.41, 5.74) is 1.32. The summed E-state index contributed by atoms with van der Waals surface area (Å²) in [7, 11) is 3.25. The van der Waals surface area contributed by atoms with E-state index in [9.17, 15) is 9.59 Å². The van der Waals surface area contributed by atoms with E-state index in [1.54, 1.807) is 20.2 Å². The SMILES string of the molecule is CC(C)c1cc(CNC(=O)OC(C)(C)C)cc(OC(=O)N(C)C)c1. The maximum atomic E-state index is 11.8. The van der Waals surface area contributed by atoms with E-state index in [1.165, 1.54) is 4.90 Å². The average Bonchev–Trinajstić information content (AvgIpc) is 2.42. The zero-order valence-electron chi connectivity index (χ0n) is 15.6. The molecule has 0 aliphatic carbocycles. The Morgan fingerprint density at radius 2 is 1.79 bits per heavy atom. The standard InChI is InChI=1S/C18H28N2O4/c1-12(2)14-8-13(11-19-16(21)24-18(3,4)5)9-15(10-14)23-17(22)20(6)7/h8-10,12H,11H2,1-7H3,(H,19,21). The van der Waals surface area contributed by atoms with Gasteiger partial charge in [-0.1, -0.05) is 19.9 Å². The van der Waals surface area contributed by atoms with Crippen LogP contribution in [0.1, 0.15) is 51.7 Å². The van der Waals surface area contributed by atoms with Gasteiger partial charge in [0, 0.05) is 20.6 Å². The predicted molar refractivity (Wildman–Crippen MR) is 93.3 cm³/mol. The number of alkyl carbamates (subject to hydrolysis) is 1. The molecular formula is C18H28N2O4. The number of nitrogens with one attached hydrogen (secondary N) is 1. The van der Waals surface area contributed by atoms with Crippen molar-refractivity contribution < 1.29 is 19.1 Å². The Kier molecular flexibility index (Phi) is 6.63. The van der Waals surface area contributed by atoms with E-state index in [0.717, 1.165) is 11.1 Å². The maximum absolute atomic E-state index is 11.8. The lowest BCUT2D eigenvalue weighted by Crippen LogP contribution is -2.32. The van der Waals surface area contributed by atoms with Crippen molar-refractivity contribution in [1.29, 1.82) is 0 Å². The molecule has 0 aromatic heterocycles. The third-order valence-electron chi connectivity index (χ3n) is 3.06. The summed E-state index contributed by atoms with van der Waals surface area (Å²) in [5, 5.41) is 2.71. The van der Waals surface area contributed by atoms with Gasteiger partial charge in [-0.2, -0.15) is 0 Å². The second-order valence-electron chi connectivity index (χ2n) is 7.18. The van der Waals surface area contributed by atoms with Crippen LogP contribution in [0.4, 0.5) is 9.59 Å². The van der Waals surface area contributed by atoms with Gasteiger partial charge in [0.2, 0.25) is 0 Å². The van der Waals surface area contributed by atoms with Crippen LogP contribution in [-0.2, 0) is 11.3 Å². The zero-order chi connectivity index (χ0) is 18.5. The van der Waals surface area contributed by atoms with Crippen molar-refractivity contribution in [3.63, 3.8) is 0 Å². The van der Waals surface area contributed by atoms with E-state index in [-0.39, 0.29) is 5.92 Å². The van der Waals surface area contributed by atoms with E-state index in [2.05, 4.69) is 19.2 Å². The van der Waals surface area contributed by atoms with Gasteiger partial charge in [-0.3, -0.25) is 0 Å². The Bertz CT molecular complexity index is 589. The molecule has 1 N–H and O–H groups in total. The van der Waals surface area contributed by atoms with Gasteiger partial charge in [0.05, 0.1) is 0 Å². The summed E-state index contributed by atoms with van der Waals surface area (Å²) >= 11 is 0. The minimum atomic E-state index is -0.545. The highest BCUT2D eigenvalue weighted by atomic mass is 16.6. The highest BCUT2D eigenvalue weighted by molar-refractivity contribution is 5.70. The van der Waals surface area contributed by atoms with Crippen LogP contribution in [0.25, 0.3) is 0 Å². The molecule has 0 aliphatic heterocycles. The first-order valence-electron chi connectivity index (χ1n) is 7.98. The van der Waals surface area contributed by atoms with Crippen LogP contribution in [0.3, 0.4) is 0 Å². The van der Waals surface area contributed by atoms with Crippen molar-refractivity contribution in [2.24, 2.45) is 0 Å². The molecule has 24 heavy (non-hydrogen) atoms. The van der Waals surface area contributed by atoms with E-state index in [1.807, 2.05) is 32.9 Å². The number of carbonyl (C=O) groups is 2. The van der Waals surface area contributed by atoms with Gasteiger partial charge in [0.25, 0.3) is 0 Å². The third kappa shape index (κ3) is 6.89. The van der Waals surface area contributed by atoms with Crippen LogP contribution in [-0.4, -0.2) is 36.8 Å². The second kappa shape index (κ2) is 8.04. The number of carbonyl (C=O) groups excluding carboxylic acids is 2. The number of amides is 2. The Hall–Kier alpha value is -2.24. The fraction of sp³-hybridized carbons (Fsp3) is 0.556. The van der Waals surface area contributed by atoms with Crippen molar-refractivity contribution in [1.82, 2.24) is 10.2 Å². The van der Waals surface area contributed by atoms with Gasteiger partial charge in [0.15, 0.2) is 0 Å². The van der Waals surface area contributed by atoms with Gasteiger partial charge in [-0.15, -0.1) is 0 Å². The van der Waals surface area contributed by atoms with E-state index in [0.29, 0.717) is 12.3 Å². The summed E-state index contributed by atoms with van der Waals surface area (Å²) < 4.78 is 10.6. The summed E-state index contributed by atoms with van der Waals surface area (Å²) in [6, 6.07) is 5.56. The molecule has 134 valence electrons. The molecule has 6 heteroatoms. The molecule has 0 radical (unpaired) electrons. The minimum Gasteiger partial charge on any atom is -0.444 e. The van der Waals surface area contributed by atoms with Gasteiger partial charge >= 0.3 is 12.2 Å². The topological polar surface area (TPSA) is 67.9 Å². The second-order valence-corrected chi connectivity index (χ2v) is 7.18. The Morgan fingerprint density at radius 3 is 2.29 bits per heavy atom. The van der Waals surface area contributed by atoms with Crippen molar-refractivity contribution in [2.45, 2.75) is 52.7 Å². The van der Waals surface area contributed by atoms with Crippen LogP contribution in [0.2, 0.25) is 0 Å². The molecule has 0 unspecified atom stereocenters. The van der Waals surface area contributed by atoms with Gasteiger partial charge < -0.3 is 19.7 Å². The monoisotopic (exact) mass is 336 g/mol. The van der Waals surface area contributed by atoms with E-state index >= 15 is 0 Å². The first-order chi connectivity index (χ1) is 11.0. The fourth-order valence-corrected chi connectivity index (χ4v) is 1.86. The summed E-state index contributed by atoms with van der Waals surface area (Å²) in [4.78, 5) is 24.9. The molecule has 1 aromatic carbocycles. The van der Waals surface area contributed by atoms with Crippen LogP contribution >= 0.6 is 0 Å². The Labute approximate surface area is 144 Å². The van der Waals surface area contributed by atoms with Crippen molar-refractivity contribution in [2.75, 3.05) is 14.1 Å². The molecule has 0 fully saturated rings. The molecule has 1 rings (SSSR count). The number of rotatable bonds is 4. The molecule has 0 saturated carbocycles. The van der Waals surface area contributed by atoms with Crippen LogP contribution in [0, 0.1) is 0 Å². The summed E-state index contributed by atoms with van der Waals surface area (Å²) in [6.45, 7) is 9.83. The molecular weight excluding hydrogens is 308 g/mol. The molecule has 1 aromatic rings. The van der Waals surface area contributed by atoms with E-state index < -0.39 is 17.8 Å². The van der Waals surface area contributed by atoms with Crippen LogP contribution in [0.15, 0.2) is 18.2 Å². The minimum absolute atomic E-state index is 0.267. The number of nitrogens with zero attached hydrogens (tertiary/aromatic N) is 1. The normalized spacial score (nSPS) is 11.2. The Morgan fingerprint density at radius 1 is 1.17 bits per heavy atom. The van der Waals surface area contributed by atoms with Crippen molar-refractivity contribution in [3.05, 3.63) is 29.3 Å². The van der Waals surface area contributed by atoms with Gasteiger partial charge in [0.1, 0.15) is 11.4 Å².